The van der Waals surface area contributed by atoms with E-state index in [1.54, 1.807) is 14.2 Å². The van der Waals surface area contributed by atoms with Crippen molar-refractivity contribution >= 4 is 17.9 Å². The normalized spacial score (nSPS) is 14.0. The van der Waals surface area contributed by atoms with Crippen molar-refractivity contribution in [1.82, 2.24) is 5.43 Å². The number of hydrogen-bond acceptors (Lipinski definition) is 4. The molecule has 0 spiro atoms. The first-order valence-electron chi connectivity index (χ1n) is 4.58. The van der Waals surface area contributed by atoms with Gasteiger partial charge in [0.1, 0.15) is 0 Å². The molecule has 0 amide bonds. The fraction of sp³-hybridized carbons (Fsp3) is 0.182. The molecule has 78 valence electrons. The monoisotopic (exact) mass is 204 g/mol. The number of nitrogens with zero attached hydrogens (tertiary/aromatic N) is 1. The van der Waals surface area contributed by atoms with Crippen LogP contribution < -0.4 is 15.9 Å². The highest BCUT2D eigenvalue weighted by Crippen LogP contribution is 1.92. The number of hydrazone groups is 1. The van der Waals surface area contributed by atoms with Crippen molar-refractivity contribution in [3.05, 3.63) is 34.7 Å². The minimum absolute atomic E-state index is 0.523. The smallest absolute Gasteiger partial charge is 0.231 e. The first-order chi connectivity index (χ1) is 7.35. The van der Waals surface area contributed by atoms with Gasteiger partial charge >= 0.3 is 0 Å². The van der Waals surface area contributed by atoms with E-state index in [9.17, 15) is 0 Å². The molecular weight excluding hydrogens is 192 g/mol. The molecule has 1 aliphatic heterocycles. The SMILES string of the molecule is COC1=NNC(OC)=c2ccccc2=C1. The van der Waals surface area contributed by atoms with Gasteiger partial charge in [-0.2, -0.15) is 0 Å². The lowest BCUT2D eigenvalue weighted by atomic mass is 10.2. The topological polar surface area (TPSA) is 42.8 Å². The van der Waals surface area contributed by atoms with E-state index < -0.39 is 0 Å². The summed E-state index contributed by atoms with van der Waals surface area (Å²) < 4.78 is 10.3. The van der Waals surface area contributed by atoms with Crippen LogP contribution in [0.2, 0.25) is 0 Å². The van der Waals surface area contributed by atoms with E-state index in [0.29, 0.717) is 11.8 Å². The fourth-order valence-corrected chi connectivity index (χ4v) is 1.42. The highest BCUT2D eigenvalue weighted by Gasteiger charge is 2.03. The second-order valence-electron chi connectivity index (χ2n) is 3.03. The number of fused-ring (bicyclic) bond motifs is 1. The number of rotatable bonds is 1. The Balaban J connectivity index is 2.70. The molecule has 1 N–H and O–H groups in total. The minimum atomic E-state index is 0.523. The Morgan fingerprint density at radius 2 is 1.93 bits per heavy atom. The molecule has 2 rings (SSSR count). The Morgan fingerprint density at radius 1 is 1.13 bits per heavy atom. The lowest BCUT2D eigenvalue weighted by Gasteiger charge is -2.03. The maximum atomic E-state index is 5.21. The molecular formula is C11H12N2O2. The number of benzene rings is 1. The van der Waals surface area contributed by atoms with Gasteiger partial charge in [0.25, 0.3) is 0 Å². The number of ether oxygens (including phenoxy) is 2. The zero-order chi connectivity index (χ0) is 10.7. The predicted octanol–water partition coefficient (Wildman–Crippen LogP) is -0.258. The van der Waals surface area contributed by atoms with Crippen molar-refractivity contribution in [3.8, 4) is 0 Å². The molecule has 4 heteroatoms. The zero-order valence-corrected chi connectivity index (χ0v) is 8.65. The van der Waals surface area contributed by atoms with Gasteiger partial charge in [0.05, 0.1) is 14.2 Å². The molecule has 0 aliphatic carbocycles. The number of hydrogen-bond donors (Lipinski definition) is 1. The molecule has 0 saturated heterocycles. The summed E-state index contributed by atoms with van der Waals surface area (Å²) in [6.07, 6.45) is 1.86. The van der Waals surface area contributed by atoms with Crippen molar-refractivity contribution in [3.63, 3.8) is 0 Å². The van der Waals surface area contributed by atoms with Crippen LogP contribution in [0.4, 0.5) is 0 Å². The van der Waals surface area contributed by atoms with Crippen LogP contribution in [0.5, 0.6) is 0 Å². The molecule has 0 radical (unpaired) electrons. The Morgan fingerprint density at radius 3 is 2.67 bits per heavy atom. The Labute approximate surface area is 87.5 Å². The van der Waals surface area contributed by atoms with Crippen molar-refractivity contribution in [1.29, 1.82) is 0 Å². The second-order valence-corrected chi connectivity index (χ2v) is 3.03. The average molecular weight is 204 g/mol. The van der Waals surface area contributed by atoms with Crippen LogP contribution in [0.1, 0.15) is 0 Å². The molecule has 0 bridgehead atoms. The molecule has 0 saturated carbocycles. The highest BCUT2D eigenvalue weighted by atomic mass is 16.5. The zero-order valence-electron chi connectivity index (χ0n) is 8.65. The van der Waals surface area contributed by atoms with E-state index in [1.165, 1.54) is 0 Å². The maximum Gasteiger partial charge on any atom is 0.231 e. The van der Waals surface area contributed by atoms with Crippen LogP contribution in [0.3, 0.4) is 0 Å². The Kier molecular flexibility index (Phi) is 2.58. The predicted molar refractivity (Wildman–Crippen MR) is 58.2 cm³/mol. The largest absolute Gasteiger partial charge is 0.481 e. The maximum absolute atomic E-state index is 5.21. The lowest BCUT2D eigenvalue weighted by molar-refractivity contribution is 0.335. The first kappa shape index (κ1) is 9.58. The van der Waals surface area contributed by atoms with Crippen molar-refractivity contribution in [2.45, 2.75) is 0 Å². The molecule has 0 fully saturated rings. The average Bonchev–Trinajstić information content (AvgIpc) is 2.47. The lowest BCUT2D eigenvalue weighted by Crippen LogP contribution is -2.29. The van der Waals surface area contributed by atoms with Gasteiger partial charge in [-0.25, -0.2) is 5.43 Å². The van der Waals surface area contributed by atoms with Crippen LogP contribution >= 0.6 is 0 Å². The van der Waals surface area contributed by atoms with Crippen LogP contribution in [-0.4, -0.2) is 20.1 Å². The van der Waals surface area contributed by atoms with Gasteiger partial charge in [0, 0.05) is 11.3 Å². The van der Waals surface area contributed by atoms with Crippen LogP contribution in [0.25, 0.3) is 12.0 Å². The highest BCUT2D eigenvalue weighted by molar-refractivity contribution is 6.04. The van der Waals surface area contributed by atoms with Crippen LogP contribution in [-0.2, 0) is 9.47 Å². The van der Waals surface area contributed by atoms with E-state index in [-0.39, 0.29) is 0 Å². The Bertz CT molecular complexity index is 506. The third-order valence-corrected chi connectivity index (χ3v) is 2.17. The summed E-state index contributed by atoms with van der Waals surface area (Å²) in [6.45, 7) is 0. The van der Waals surface area contributed by atoms with Gasteiger partial charge in [-0.3, -0.25) is 0 Å². The standard InChI is InChI=1S/C11H12N2O2/c1-14-10-7-8-5-3-4-6-9(8)11(15-2)13-12-10/h3-7,13H,1-2H3. The van der Waals surface area contributed by atoms with Crippen molar-refractivity contribution < 1.29 is 9.47 Å². The summed E-state index contributed by atoms with van der Waals surface area (Å²) in [6, 6.07) is 7.86. The quantitative estimate of drug-likeness (QED) is 0.685. The molecule has 1 heterocycles. The van der Waals surface area contributed by atoms with Gasteiger partial charge in [-0.15, -0.1) is 5.10 Å². The summed E-state index contributed by atoms with van der Waals surface area (Å²) in [5.74, 6) is 1.14. The molecule has 0 atom stereocenters. The summed E-state index contributed by atoms with van der Waals surface area (Å²) >= 11 is 0. The van der Waals surface area contributed by atoms with Crippen LogP contribution in [0.15, 0.2) is 29.4 Å². The molecule has 1 aromatic carbocycles. The second kappa shape index (κ2) is 4.04. The molecule has 15 heavy (non-hydrogen) atoms. The summed E-state index contributed by atoms with van der Waals surface area (Å²) in [5.41, 5.74) is 2.81. The first-order valence-corrected chi connectivity index (χ1v) is 4.58. The van der Waals surface area contributed by atoms with E-state index in [2.05, 4.69) is 10.5 Å². The minimum Gasteiger partial charge on any atom is -0.481 e. The third-order valence-electron chi connectivity index (χ3n) is 2.17. The fourth-order valence-electron chi connectivity index (χ4n) is 1.42. The Hall–Kier alpha value is -1.97. The van der Waals surface area contributed by atoms with Gasteiger partial charge < -0.3 is 9.47 Å². The van der Waals surface area contributed by atoms with Gasteiger partial charge in [0.15, 0.2) is 0 Å². The molecule has 1 aromatic rings. The van der Waals surface area contributed by atoms with E-state index in [0.717, 1.165) is 10.4 Å². The summed E-state index contributed by atoms with van der Waals surface area (Å²) in [4.78, 5) is 0. The molecule has 0 unspecified atom stereocenters. The summed E-state index contributed by atoms with van der Waals surface area (Å²) in [5, 5.41) is 6.02. The van der Waals surface area contributed by atoms with Gasteiger partial charge in [0.2, 0.25) is 11.8 Å². The third kappa shape index (κ3) is 1.79. The summed E-state index contributed by atoms with van der Waals surface area (Å²) in [7, 11) is 3.18. The van der Waals surface area contributed by atoms with Crippen molar-refractivity contribution in [2.24, 2.45) is 5.10 Å². The number of methoxy groups -OCH3 is 2. The van der Waals surface area contributed by atoms with Gasteiger partial charge in [-0.1, -0.05) is 18.2 Å². The molecule has 4 nitrogen and oxygen atoms in total. The molecule has 0 aromatic heterocycles. The molecule has 1 aliphatic rings. The van der Waals surface area contributed by atoms with Crippen LogP contribution in [0, 0.1) is 0 Å². The number of nitrogens with one attached hydrogen (secondary N) is 1. The van der Waals surface area contributed by atoms with E-state index >= 15 is 0 Å². The van der Waals surface area contributed by atoms with E-state index in [4.69, 9.17) is 9.47 Å². The van der Waals surface area contributed by atoms with Gasteiger partial charge in [-0.05, 0) is 11.3 Å². The van der Waals surface area contributed by atoms with E-state index in [1.807, 2.05) is 30.3 Å². The van der Waals surface area contributed by atoms with Crippen molar-refractivity contribution in [2.75, 3.05) is 14.2 Å².